The first kappa shape index (κ1) is 12.2. The van der Waals surface area contributed by atoms with Crippen LogP contribution in [0, 0.1) is 0 Å². The zero-order valence-corrected chi connectivity index (χ0v) is 11.2. The summed E-state index contributed by atoms with van der Waals surface area (Å²) in [4.78, 5) is 5.51. The fourth-order valence-electron chi connectivity index (χ4n) is 1.55. The van der Waals surface area contributed by atoms with Crippen molar-refractivity contribution in [1.82, 2.24) is 14.9 Å². The first-order valence-corrected chi connectivity index (χ1v) is 6.44. The third-order valence-corrected chi connectivity index (χ3v) is 3.88. The smallest absolute Gasteiger partial charge is 0.172 e. The zero-order valence-electron chi connectivity index (χ0n) is 10.3. The minimum atomic E-state index is 0.391. The molecule has 3 nitrogen and oxygen atoms in total. The topological polar surface area (TPSA) is 29.9 Å². The fraction of sp³-hybridized carbons (Fsp3) is 0.308. The molecule has 4 heteroatoms. The van der Waals surface area contributed by atoms with Crippen molar-refractivity contribution in [2.24, 2.45) is 7.05 Å². The van der Waals surface area contributed by atoms with Crippen LogP contribution in [0.5, 0.6) is 0 Å². The Morgan fingerprint density at radius 3 is 2.53 bits per heavy atom. The third kappa shape index (κ3) is 2.90. The van der Waals surface area contributed by atoms with Gasteiger partial charge in [-0.15, -0.1) is 0 Å². The van der Waals surface area contributed by atoms with Crippen LogP contribution in [0.1, 0.15) is 18.5 Å². The quantitative estimate of drug-likeness (QED) is 0.901. The molecule has 17 heavy (non-hydrogen) atoms. The SMILES string of the molecule is CNC(C)c1ccc(Sc2nccn2C)cc1. The van der Waals surface area contributed by atoms with Gasteiger partial charge in [0.25, 0.3) is 0 Å². The van der Waals surface area contributed by atoms with Crippen molar-refractivity contribution in [3.05, 3.63) is 42.2 Å². The molecular weight excluding hydrogens is 230 g/mol. The van der Waals surface area contributed by atoms with Gasteiger partial charge in [-0.05, 0) is 31.7 Å². The highest BCUT2D eigenvalue weighted by atomic mass is 32.2. The van der Waals surface area contributed by atoms with Crippen molar-refractivity contribution >= 4 is 11.8 Å². The Bertz CT molecular complexity index is 476. The number of nitrogens with zero attached hydrogens (tertiary/aromatic N) is 2. The molecule has 1 N–H and O–H groups in total. The molecule has 0 aliphatic heterocycles. The first-order chi connectivity index (χ1) is 8.20. The van der Waals surface area contributed by atoms with Gasteiger partial charge in [-0.1, -0.05) is 23.9 Å². The van der Waals surface area contributed by atoms with E-state index in [1.165, 1.54) is 10.5 Å². The predicted octanol–water partition coefficient (Wildman–Crippen LogP) is 2.85. The molecule has 0 aliphatic carbocycles. The Hall–Kier alpha value is -1.26. The van der Waals surface area contributed by atoms with Gasteiger partial charge >= 0.3 is 0 Å². The Kier molecular flexibility index (Phi) is 3.86. The first-order valence-electron chi connectivity index (χ1n) is 5.63. The number of rotatable bonds is 4. The van der Waals surface area contributed by atoms with Crippen LogP contribution in [0.15, 0.2) is 46.7 Å². The van der Waals surface area contributed by atoms with E-state index in [0.717, 1.165) is 5.16 Å². The third-order valence-electron chi connectivity index (χ3n) is 2.80. The Balaban J connectivity index is 2.11. The summed E-state index contributed by atoms with van der Waals surface area (Å²) >= 11 is 1.68. The number of aryl methyl sites for hydroxylation is 1. The number of benzene rings is 1. The van der Waals surface area contributed by atoms with Gasteiger partial charge in [0, 0.05) is 30.4 Å². The predicted molar refractivity (Wildman–Crippen MR) is 71.2 cm³/mol. The molecule has 0 amide bonds. The fourth-order valence-corrected chi connectivity index (χ4v) is 2.35. The van der Waals surface area contributed by atoms with E-state index in [-0.39, 0.29) is 0 Å². The van der Waals surface area contributed by atoms with E-state index >= 15 is 0 Å². The lowest BCUT2D eigenvalue weighted by atomic mass is 10.1. The van der Waals surface area contributed by atoms with Gasteiger partial charge in [-0.25, -0.2) is 4.98 Å². The number of nitrogens with one attached hydrogen (secondary N) is 1. The number of aromatic nitrogens is 2. The molecule has 0 saturated carbocycles. The zero-order chi connectivity index (χ0) is 12.3. The van der Waals surface area contributed by atoms with Crippen LogP contribution in [0.4, 0.5) is 0 Å². The second kappa shape index (κ2) is 5.38. The van der Waals surface area contributed by atoms with Crippen LogP contribution in [0.2, 0.25) is 0 Å². The summed E-state index contributed by atoms with van der Waals surface area (Å²) in [5, 5.41) is 4.25. The van der Waals surface area contributed by atoms with Gasteiger partial charge in [0.05, 0.1) is 0 Å². The normalized spacial score (nSPS) is 12.6. The molecule has 0 aliphatic rings. The Morgan fingerprint density at radius 1 is 1.29 bits per heavy atom. The second-order valence-electron chi connectivity index (χ2n) is 4.00. The highest BCUT2D eigenvalue weighted by Gasteiger charge is 2.04. The van der Waals surface area contributed by atoms with Gasteiger partial charge in [0.2, 0.25) is 0 Å². The van der Waals surface area contributed by atoms with Crippen molar-refractivity contribution in [2.45, 2.75) is 23.0 Å². The van der Waals surface area contributed by atoms with Crippen LogP contribution >= 0.6 is 11.8 Å². The number of hydrogen-bond donors (Lipinski definition) is 1. The molecule has 2 rings (SSSR count). The van der Waals surface area contributed by atoms with E-state index in [9.17, 15) is 0 Å². The van der Waals surface area contributed by atoms with E-state index in [1.807, 2.05) is 31.1 Å². The summed E-state index contributed by atoms with van der Waals surface area (Å²) in [5.41, 5.74) is 1.30. The lowest BCUT2D eigenvalue weighted by Gasteiger charge is -2.10. The van der Waals surface area contributed by atoms with Crippen molar-refractivity contribution < 1.29 is 0 Å². The molecule has 1 atom stereocenters. The largest absolute Gasteiger partial charge is 0.329 e. The van der Waals surface area contributed by atoms with E-state index in [2.05, 4.69) is 41.5 Å². The van der Waals surface area contributed by atoms with Crippen LogP contribution in [-0.2, 0) is 7.05 Å². The molecule has 1 heterocycles. The minimum Gasteiger partial charge on any atom is -0.329 e. The van der Waals surface area contributed by atoms with Crippen LogP contribution in [0.3, 0.4) is 0 Å². The number of imidazole rings is 1. The molecule has 0 radical (unpaired) electrons. The summed E-state index contributed by atoms with van der Waals surface area (Å²) in [6.07, 6.45) is 3.78. The molecule has 0 spiro atoms. The lowest BCUT2D eigenvalue weighted by Crippen LogP contribution is -2.11. The molecule has 0 fully saturated rings. The monoisotopic (exact) mass is 247 g/mol. The van der Waals surface area contributed by atoms with E-state index in [0.29, 0.717) is 6.04 Å². The average molecular weight is 247 g/mol. The van der Waals surface area contributed by atoms with Crippen LogP contribution in [-0.4, -0.2) is 16.6 Å². The molecule has 0 saturated heterocycles. The molecule has 1 aromatic carbocycles. The van der Waals surface area contributed by atoms with Crippen LogP contribution in [0.25, 0.3) is 0 Å². The number of hydrogen-bond acceptors (Lipinski definition) is 3. The average Bonchev–Trinajstić information content (AvgIpc) is 2.75. The lowest BCUT2D eigenvalue weighted by molar-refractivity contribution is 0.652. The molecule has 0 bridgehead atoms. The standard InChI is InChI=1S/C13H17N3S/c1-10(14-2)11-4-6-12(7-5-11)17-13-15-8-9-16(13)3/h4-10,14H,1-3H3. The van der Waals surface area contributed by atoms with Gasteiger partial charge < -0.3 is 9.88 Å². The molecule has 90 valence electrons. The summed E-state index contributed by atoms with van der Waals surface area (Å²) in [6.45, 7) is 2.15. The maximum absolute atomic E-state index is 4.30. The van der Waals surface area contributed by atoms with Crippen molar-refractivity contribution in [2.75, 3.05) is 7.05 Å². The Morgan fingerprint density at radius 2 is 2.00 bits per heavy atom. The maximum atomic E-state index is 4.30. The van der Waals surface area contributed by atoms with Crippen molar-refractivity contribution in [3.63, 3.8) is 0 Å². The van der Waals surface area contributed by atoms with Gasteiger partial charge in [0.1, 0.15) is 0 Å². The van der Waals surface area contributed by atoms with Crippen molar-refractivity contribution in [3.8, 4) is 0 Å². The molecule has 1 unspecified atom stereocenters. The van der Waals surface area contributed by atoms with E-state index in [4.69, 9.17) is 0 Å². The highest BCUT2D eigenvalue weighted by Crippen LogP contribution is 2.26. The summed E-state index contributed by atoms with van der Waals surface area (Å²) in [5.74, 6) is 0. The minimum absolute atomic E-state index is 0.391. The van der Waals surface area contributed by atoms with E-state index in [1.54, 1.807) is 11.8 Å². The van der Waals surface area contributed by atoms with Gasteiger partial charge in [-0.2, -0.15) is 0 Å². The highest BCUT2D eigenvalue weighted by molar-refractivity contribution is 7.99. The van der Waals surface area contributed by atoms with Crippen molar-refractivity contribution in [1.29, 1.82) is 0 Å². The van der Waals surface area contributed by atoms with Gasteiger partial charge in [-0.3, -0.25) is 0 Å². The summed E-state index contributed by atoms with van der Waals surface area (Å²) in [6, 6.07) is 8.99. The van der Waals surface area contributed by atoms with E-state index < -0.39 is 0 Å². The van der Waals surface area contributed by atoms with Gasteiger partial charge in [0.15, 0.2) is 5.16 Å². The summed E-state index contributed by atoms with van der Waals surface area (Å²) < 4.78 is 2.02. The molecule has 2 aromatic rings. The summed E-state index contributed by atoms with van der Waals surface area (Å²) in [7, 11) is 3.98. The molecular formula is C13H17N3S. The second-order valence-corrected chi connectivity index (χ2v) is 5.04. The Labute approximate surface area is 106 Å². The van der Waals surface area contributed by atoms with Crippen LogP contribution < -0.4 is 5.32 Å². The molecule has 1 aromatic heterocycles. The maximum Gasteiger partial charge on any atom is 0.172 e.